The van der Waals surface area contributed by atoms with Crippen LogP contribution in [0.3, 0.4) is 0 Å². The maximum atomic E-state index is 11.5. The lowest BCUT2D eigenvalue weighted by Gasteiger charge is -2.08. The Kier molecular flexibility index (Phi) is 4.82. The monoisotopic (exact) mass is 309 g/mol. The van der Waals surface area contributed by atoms with Crippen molar-refractivity contribution >= 4 is 39.4 Å². The highest BCUT2D eigenvalue weighted by molar-refractivity contribution is 9.10. The summed E-state index contributed by atoms with van der Waals surface area (Å²) < 4.78 is 9.63. The van der Waals surface area contributed by atoms with Gasteiger partial charge in [0.2, 0.25) is 0 Å². The smallest absolute Gasteiger partial charge is 0.325 e. The van der Waals surface area contributed by atoms with Gasteiger partial charge >= 0.3 is 5.97 Å². The molecule has 1 heterocycles. The second kappa shape index (κ2) is 5.91. The number of alkyl halides is 1. The van der Waals surface area contributed by atoms with Crippen molar-refractivity contribution in [3.63, 3.8) is 0 Å². The second-order valence-electron chi connectivity index (χ2n) is 2.81. The van der Waals surface area contributed by atoms with Crippen molar-refractivity contribution in [2.24, 2.45) is 0 Å². The molecule has 5 nitrogen and oxygen atoms in total. The molecule has 1 aromatic rings. The molecule has 0 fully saturated rings. The molecule has 1 amide bonds. The Balaban J connectivity index is 2.48. The normalized spacial score (nSPS) is 11.9. The molecule has 0 aliphatic heterocycles. The molecule has 0 aliphatic rings. The molecule has 1 rings (SSSR count). The van der Waals surface area contributed by atoms with E-state index in [9.17, 15) is 9.59 Å². The van der Waals surface area contributed by atoms with Crippen LogP contribution in [0.2, 0.25) is 0 Å². The summed E-state index contributed by atoms with van der Waals surface area (Å²) in [5, 5.41) is 1.58. The lowest BCUT2D eigenvalue weighted by molar-refractivity contribution is -0.140. The highest BCUT2D eigenvalue weighted by Gasteiger charge is 2.18. The van der Waals surface area contributed by atoms with Gasteiger partial charge < -0.3 is 14.5 Å². The van der Waals surface area contributed by atoms with Crippen LogP contribution in [0.4, 0.5) is 0 Å². The second-order valence-corrected chi connectivity index (χ2v) is 4.06. The van der Waals surface area contributed by atoms with Crippen LogP contribution in [0.1, 0.15) is 10.4 Å². The lowest BCUT2D eigenvalue weighted by Crippen LogP contribution is -2.34. The Morgan fingerprint density at radius 2 is 2.38 bits per heavy atom. The summed E-state index contributed by atoms with van der Waals surface area (Å²) in [4.78, 5) is 22.5. The van der Waals surface area contributed by atoms with Crippen LogP contribution in [0.5, 0.6) is 0 Å². The molecule has 0 aromatic carbocycles. The zero-order valence-corrected chi connectivity index (χ0v) is 10.7. The van der Waals surface area contributed by atoms with Gasteiger partial charge in [0.15, 0.2) is 4.67 Å². The number of nitrogens with one attached hydrogen (secondary N) is 1. The zero-order chi connectivity index (χ0) is 12.1. The van der Waals surface area contributed by atoms with Crippen molar-refractivity contribution in [1.29, 1.82) is 0 Å². The molecule has 1 aromatic heterocycles. The van der Waals surface area contributed by atoms with Crippen LogP contribution >= 0.6 is 27.5 Å². The van der Waals surface area contributed by atoms with Gasteiger partial charge in [-0.15, -0.1) is 11.6 Å². The minimum absolute atomic E-state index is 0.00924. The summed E-state index contributed by atoms with van der Waals surface area (Å²) in [6.45, 7) is -0.00924. The first-order valence-electron chi connectivity index (χ1n) is 4.29. The van der Waals surface area contributed by atoms with Crippen molar-refractivity contribution in [1.82, 2.24) is 5.32 Å². The van der Waals surface area contributed by atoms with Gasteiger partial charge in [0.05, 0.1) is 18.9 Å². The van der Waals surface area contributed by atoms with Crippen LogP contribution in [-0.4, -0.2) is 30.9 Å². The van der Waals surface area contributed by atoms with Crippen LogP contribution in [0.25, 0.3) is 0 Å². The standard InChI is InChI=1S/C9H9BrClNO4/c1-15-9(14)6(11)4-12-8(13)5-2-3-16-7(5)10/h2-3,6H,4H2,1H3,(H,12,13). The first kappa shape index (κ1) is 13.1. The first-order valence-corrected chi connectivity index (χ1v) is 5.52. The van der Waals surface area contributed by atoms with E-state index >= 15 is 0 Å². The third-order valence-electron chi connectivity index (χ3n) is 1.76. The summed E-state index contributed by atoms with van der Waals surface area (Å²) >= 11 is 8.72. The molecular formula is C9H9BrClNO4. The Hall–Kier alpha value is -1.01. The number of halogens is 2. The van der Waals surface area contributed by atoms with Crippen LogP contribution < -0.4 is 5.32 Å². The molecule has 1 atom stereocenters. The summed E-state index contributed by atoms with van der Waals surface area (Å²) in [5.41, 5.74) is 0.341. The van der Waals surface area contributed by atoms with Gasteiger partial charge in [-0.25, -0.2) is 0 Å². The van der Waals surface area contributed by atoms with E-state index in [1.54, 1.807) is 0 Å². The number of methoxy groups -OCH3 is 1. The van der Waals surface area contributed by atoms with Crippen molar-refractivity contribution in [3.8, 4) is 0 Å². The zero-order valence-electron chi connectivity index (χ0n) is 8.33. The van der Waals surface area contributed by atoms with E-state index in [1.807, 2.05) is 0 Å². The molecule has 88 valence electrons. The molecule has 1 unspecified atom stereocenters. The fraction of sp³-hybridized carbons (Fsp3) is 0.333. The van der Waals surface area contributed by atoms with Gasteiger partial charge in [-0.1, -0.05) is 0 Å². The molecule has 1 N–H and O–H groups in total. The maximum Gasteiger partial charge on any atom is 0.325 e. The van der Waals surface area contributed by atoms with Gasteiger partial charge in [0.1, 0.15) is 5.38 Å². The fourth-order valence-electron chi connectivity index (χ4n) is 0.944. The number of furan rings is 1. The Morgan fingerprint density at radius 1 is 1.69 bits per heavy atom. The number of hydrogen-bond acceptors (Lipinski definition) is 4. The maximum absolute atomic E-state index is 11.5. The Morgan fingerprint density at radius 3 is 2.88 bits per heavy atom. The number of rotatable bonds is 4. The molecule has 0 saturated heterocycles. The summed E-state index contributed by atoms with van der Waals surface area (Å²) in [6, 6.07) is 1.50. The van der Waals surface area contributed by atoms with E-state index in [1.165, 1.54) is 19.4 Å². The largest absolute Gasteiger partial charge is 0.468 e. The van der Waals surface area contributed by atoms with E-state index < -0.39 is 11.3 Å². The number of ether oxygens (including phenoxy) is 1. The van der Waals surface area contributed by atoms with Gasteiger partial charge in [-0.2, -0.15) is 0 Å². The van der Waals surface area contributed by atoms with Gasteiger partial charge in [-0.05, 0) is 22.0 Å². The summed E-state index contributed by atoms with van der Waals surface area (Å²) in [7, 11) is 1.23. The Labute approximate surface area is 105 Å². The van der Waals surface area contributed by atoms with Crippen LogP contribution in [0.15, 0.2) is 21.4 Å². The number of esters is 1. The number of hydrogen-bond donors (Lipinski definition) is 1. The molecule has 0 bridgehead atoms. The van der Waals surface area contributed by atoms with Gasteiger partial charge in [0, 0.05) is 6.54 Å². The SMILES string of the molecule is COC(=O)C(Cl)CNC(=O)c1ccoc1Br. The molecule has 0 saturated carbocycles. The summed E-state index contributed by atoms with van der Waals surface area (Å²) in [5.74, 6) is -0.969. The van der Waals surface area contributed by atoms with E-state index in [2.05, 4.69) is 26.0 Å². The number of carbonyl (C=O) groups excluding carboxylic acids is 2. The van der Waals surface area contributed by atoms with Crippen LogP contribution in [0, 0.1) is 0 Å². The Bertz CT molecular complexity index is 393. The highest BCUT2D eigenvalue weighted by Crippen LogP contribution is 2.17. The third-order valence-corrected chi connectivity index (χ3v) is 2.71. The lowest BCUT2D eigenvalue weighted by atomic mass is 10.3. The molecule has 16 heavy (non-hydrogen) atoms. The average molecular weight is 311 g/mol. The minimum atomic E-state index is -0.903. The predicted octanol–water partition coefficient (Wildman–Crippen LogP) is 1.55. The summed E-state index contributed by atoms with van der Waals surface area (Å²) in [6.07, 6.45) is 1.37. The number of amides is 1. The van der Waals surface area contributed by atoms with E-state index in [-0.39, 0.29) is 12.5 Å². The van der Waals surface area contributed by atoms with Crippen molar-refractivity contribution in [2.45, 2.75) is 5.38 Å². The molecule has 0 radical (unpaired) electrons. The molecular weight excluding hydrogens is 301 g/mol. The third kappa shape index (κ3) is 3.24. The minimum Gasteiger partial charge on any atom is -0.468 e. The van der Waals surface area contributed by atoms with Crippen molar-refractivity contribution in [3.05, 3.63) is 22.6 Å². The first-order chi connectivity index (χ1) is 7.56. The van der Waals surface area contributed by atoms with Crippen molar-refractivity contribution < 1.29 is 18.7 Å². The number of carbonyl (C=O) groups is 2. The fourth-order valence-corrected chi connectivity index (χ4v) is 1.53. The molecule has 0 aliphatic carbocycles. The van der Waals surface area contributed by atoms with E-state index in [0.29, 0.717) is 10.2 Å². The predicted molar refractivity (Wildman–Crippen MR) is 60.4 cm³/mol. The topological polar surface area (TPSA) is 68.5 Å². The molecule has 7 heteroatoms. The van der Waals surface area contributed by atoms with E-state index in [4.69, 9.17) is 16.0 Å². The van der Waals surface area contributed by atoms with Crippen LogP contribution in [-0.2, 0) is 9.53 Å². The van der Waals surface area contributed by atoms with Crippen molar-refractivity contribution in [2.75, 3.05) is 13.7 Å². The average Bonchev–Trinajstić information content (AvgIpc) is 2.70. The highest BCUT2D eigenvalue weighted by atomic mass is 79.9. The van der Waals surface area contributed by atoms with Gasteiger partial charge in [0.25, 0.3) is 5.91 Å². The van der Waals surface area contributed by atoms with E-state index in [0.717, 1.165) is 0 Å². The quantitative estimate of drug-likeness (QED) is 0.677. The van der Waals surface area contributed by atoms with Gasteiger partial charge in [-0.3, -0.25) is 9.59 Å². The molecule has 0 spiro atoms.